The summed E-state index contributed by atoms with van der Waals surface area (Å²) in [5, 5.41) is 11.6. The summed E-state index contributed by atoms with van der Waals surface area (Å²) in [5.41, 5.74) is -0.365. The van der Waals surface area contributed by atoms with Crippen LogP contribution in [0.25, 0.3) is 5.76 Å². The number of para-hydroxylation sites is 1. The van der Waals surface area contributed by atoms with Crippen LogP contribution in [0.5, 0.6) is 5.75 Å². The standard InChI is InChI=1S/C30H35N3O6/c1-3-4-15-32-24-9-6-5-8-23(24)30(29(32)37)25(26(34)21-10-12-22(38-2)13-11-21)27(35)28(36)33(30)16-7-14-31-17-19-39-20-18-31/h5-6,8-13,34H,3-4,7,14-20H2,1-2H3. The number of likely N-dealkylation sites (tertiary alicyclic amines) is 1. The maximum absolute atomic E-state index is 14.5. The van der Waals surface area contributed by atoms with Crippen LogP contribution in [0.4, 0.5) is 5.69 Å². The van der Waals surface area contributed by atoms with Gasteiger partial charge in [-0.05, 0) is 43.2 Å². The number of amides is 2. The number of aliphatic hydroxyl groups excluding tert-OH is 1. The normalized spacial score (nSPS) is 22.7. The van der Waals surface area contributed by atoms with E-state index >= 15 is 0 Å². The number of methoxy groups -OCH3 is 1. The Morgan fingerprint density at radius 3 is 2.38 bits per heavy atom. The molecule has 5 rings (SSSR count). The van der Waals surface area contributed by atoms with Crippen molar-refractivity contribution in [2.24, 2.45) is 0 Å². The summed E-state index contributed by atoms with van der Waals surface area (Å²) in [6.07, 6.45) is 2.21. The highest BCUT2D eigenvalue weighted by Crippen LogP contribution is 2.53. The first kappa shape index (κ1) is 26.9. The first-order chi connectivity index (χ1) is 18.9. The van der Waals surface area contributed by atoms with E-state index in [1.54, 1.807) is 41.3 Å². The molecule has 2 aromatic rings. The molecule has 1 atom stereocenters. The lowest BCUT2D eigenvalue weighted by Crippen LogP contribution is -2.52. The number of benzene rings is 2. The Morgan fingerprint density at radius 2 is 1.69 bits per heavy atom. The van der Waals surface area contributed by atoms with Gasteiger partial charge in [-0.1, -0.05) is 31.5 Å². The SMILES string of the molecule is CCCCN1C(=O)C2(C(=C(O)c3ccc(OC)cc3)C(=O)C(=O)N2CCCN2CCOCC2)c2ccccc21. The first-order valence-electron chi connectivity index (χ1n) is 13.6. The molecule has 0 aliphatic carbocycles. The second-order valence-corrected chi connectivity index (χ2v) is 10.1. The van der Waals surface area contributed by atoms with Crippen molar-refractivity contribution in [1.82, 2.24) is 9.80 Å². The Morgan fingerprint density at radius 1 is 0.974 bits per heavy atom. The van der Waals surface area contributed by atoms with Crippen molar-refractivity contribution < 1.29 is 29.0 Å². The number of fused-ring (bicyclic) bond motifs is 2. The van der Waals surface area contributed by atoms with Crippen LogP contribution in [0.3, 0.4) is 0 Å². The molecule has 9 nitrogen and oxygen atoms in total. The van der Waals surface area contributed by atoms with Gasteiger partial charge in [-0.25, -0.2) is 0 Å². The third-order valence-electron chi connectivity index (χ3n) is 7.87. The van der Waals surface area contributed by atoms with E-state index in [1.165, 1.54) is 12.0 Å². The minimum absolute atomic E-state index is 0.180. The van der Waals surface area contributed by atoms with Crippen LogP contribution < -0.4 is 9.64 Å². The van der Waals surface area contributed by atoms with Crippen molar-refractivity contribution in [3.05, 3.63) is 65.2 Å². The average molecular weight is 534 g/mol. The molecule has 2 saturated heterocycles. The molecule has 1 unspecified atom stereocenters. The Hall–Kier alpha value is -3.69. The number of unbranched alkanes of at least 4 members (excludes halogenated alkanes) is 1. The predicted molar refractivity (Wildman–Crippen MR) is 147 cm³/mol. The fourth-order valence-electron chi connectivity index (χ4n) is 5.88. The number of Topliss-reactive ketones (excluding diaryl/α,β-unsaturated/α-hetero) is 1. The molecule has 9 heteroatoms. The fraction of sp³-hybridized carbons (Fsp3) is 0.433. The number of hydrogen-bond acceptors (Lipinski definition) is 7. The monoisotopic (exact) mass is 533 g/mol. The molecular formula is C30H35N3O6. The van der Waals surface area contributed by atoms with E-state index in [0.717, 1.165) is 25.9 Å². The lowest BCUT2D eigenvalue weighted by Gasteiger charge is -2.35. The zero-order chi connectivity index (χ0) is 27.6. The topological polar surface area (TPSA) is 99.6 Å². The number of anilines is 1. The van der Waals surface area contributed by atoms with Gasteiger partial charge in [-0.15, -0.1) is 0 Å². The molecule has 39 heavy (non-hydrogen) atoms. The van der Waals surface area contributed by atoms with Gasteiger partial charge in [0.05, 0.1) is 31.6 Å². The number of carbonyl (C=O) groups excluding carboxylic acids is 3. The zero-order valence-corrected chi connectivity index (χ0v) is 22.5. The highest BCUT2D eigenvalue weighted by Gasteiger charge is 2.66. The molecular weight excluding hydrogens is 498 g/mol. The number of ether oxygens (including phenoxy) is 2. The smallest absolute Gasteiger partial charge is 0.296 e. The van der Waals surface area contributed by atoms with E-state index in [4.69, 9.17) is 9.47 Å². The Kier molecular flexibility index (Phi) is 7.72. The molecule has 3 aliphatic heterocycles. The second-order valence-electron chi connectivity index (χ2n) is 10.1. The van der Waals surface area contributed by atoms with Crippen molar-refractivity contribution in [3.8, 4) is 5.75 Å². The number of ketones is 1. The van der Waals surface area contributed by atoms with Gasteiger partial charge in [0.1, 0.15) is 11.5 Å². The van der Waals surface area contributed by atoms with Crippen molar-refractivity contribution in [1.29, 1.82) is 0 Å². The van der Waals surface area contributed by atoms with Gasteiger partial charge in [0.25, 0.3) is 17.6 Å². The maximum atomic E-state index is 14.5. The molecule has 0 radical (unpaired) electrons. The van der Waals surface area contributed by atoms with Crippen molar-refractivity contribution in [2.45, 2.75) is 31.7 Å². The lowest BCUT2D eigenvalue weighted by atomic mass is 9.82. The van der Waals surface area contributed by atoms with E-state index in [1.807, 2.05) is 19.1 Å². The van der Waals surface area contributed by atoms with Gasteiger partial charge in [0.2, 0.25) is 0 Å². The average Bonchev–Trinajstić information content (AvgIpc) is 3.35. The van der Waals surface area contributed by atoms with Gasteiger partial charge in [-0.2, -0.15) is 0 Å². The van der Waals surface area contributed by atoms with Crippen LogP contribution in [0.2, 0.25) is 0 Å². The van der Waals surface area contributed by atoms with Crippen LogP contribution in [0.1, 0.15) is 37.3 Å². The lowest BCUT2D eigenvalue weighted by molar-refractivity contribution is -0.143. The van der Waals surface area contributed by atoms with E-state index in [2.05, 4.69) is 4.90 Å². The van der Waals surface area contributed by atoms with Crippen molar-refractivity contribution >= 4 is 29.0 Å². The summed E-state index contributed by atoms with van der Waals surface area (Å²) < 4.78 is 10.7. The summed E-state index contributed by atoms with van der Waals surface area (Å²) in [4.78, 5) is 47.2. The molecule has 3 aliphatic rings. The van der Waals surface area contributed by atoms with Crippen molar-refractivity contribution in [3.63, 3.8) is 0 Å². The third kappa shape index (κ3) is 4.49. The van der Waals surface area contributed by atoms with Crippen LogP contribution in [-0.2, 0) is 24.7 Å². The first-order valence-corrected chi connectivity index (χ1v) is 13.6. The number of rotatable bonds is 9. The molecule has 0 aromatic heterocycles. The molecule has 2 fully saturated rings. The third-order valence-corrected chi connectivity index (χ3v) is 7.87. The fourth-order valence-corrected chi connectivity index (χ4v) is 5.88. The highest BCUT2D eigenvalue weighted by molar-refractivity contribution is 6.50. The van der Waals surface area contributed by atoms with Crippen molar-refractivity contribution in [2.75, 3.05) is 57.9 Å². The number of hydrogen-bond donors (Lipinski definition) is 1. The molecule has 0 saturated carbocycles. The predicted octanol–water partition coefficient (Wildman–Crippen LogP) is 3.14. The summed E-state index contributed by atoms with van der Waals surface area (Å²) in [6.45, 7) is 6.32. The summed E-state index contributed by atoms with van der Waals surface area (Å²) in [6, 6.07) is 13.9. The van der Waals surface area contributed by atoms with Crippen LogP contribution in [0.15, 0.2) is 54.1 Å². The van der Waals surface area contributed by atoms with Gasteiger partial charge < -0.3 is 24.4 Å². The summed E-state index contributed by atoms with van der Waals surface area (Å²) >= 11 is 0. The maximum Gasteiger partial charge on any atom is 0.296 e. The Labute approximate surface area is 228 Å². The minimum atomic E-state index is -1.73. The molecule has 0 bridgehead atoms. The molecule has 3 heterocycles. The van der Waals surface area contributed by atoms with Gasteiger partial charge in [-0.3, -0.25) is 19.3 Å². The largest absolute Gasteiger partial charge is 0.507 e. The van der Waals surface area contributed by atoms with Crippen LogP contribution in [-0.4, -0.2) is 85.6 Å². The van der Waals surface area contributed by atoms with Gasteiger partial charge >= 0.3 is 0 Å². The second kappa shape index (κ2) is 11.2. The zero-order valence-electron chi connectivity index (χ0n) is 22.5. The summed E-state index contributed by atoms with van der Waals surface area (Å²) in [7, 11) is 1.54. The number of nitrogens with zero attached hydrogens (tertiary/aromatic N) is 3. The van der Waals surface area contributed by atoms with E-state index in [9.17, 15) is 19.5 Å². The number of carbonyl (C=O) groups is 3. The molecule has 206 valence electrons. The van der Waals surface area contributed by atoms with E-state index < -0.39 is 17.2 Å². The quantitative estimate of drug-likeness (QED) is 0.300. The summed E-state index contributed by atoms with van der Waals surface area (Å²) in [5.74, 6) is -1.79. The molecule has 2 amide bonds. The molecule has 2 aromatic carbocycles. The van der Waals surface area contributed by atoms with E-state index in [0.29, 0.717) is 55.3 Å². The number of aliphatic hydroxyl groups is 1. The van der Waals surface area contributed by atoms with E-state index in [-0.39, 0.29) is 23.8 Å². The Balaban J connectivity index is 1.63. The van der Waals surface area contributed by atoms with Crippen LogP contribution in [0, 0.1) is 0 Å². The molecule has 1 N–H and O–H groups in total. The molecule has 1 spiro atoms. The van der Waals surface area contributed by atoms with Crippen LogP contribution >= 0.6 is 0 Å². The Bertz CT molecular complexity index is 1280. The van der Waals surface area contributed by atoms with Gasteiger partial charge in [0.15, 0.2) is 5.54 Å². The van der Waals surface area contributed by atoms with Gasteiger partial charge in [0, 0.05) is 43.9 Å². The highest BCUT2D eigenvalue weighted by atomic mass is 16.5. The number of morpholine rings is 1. The minimum Gasteiger partial charge on any atom is -0.507 e.